The number of ether oxygens (including phenoxy) is 1. The number of hydrogen-bond acceptors (Lipinski definition) is 2. The molecule has 0 spiro atoms. The molecule has 2 unspecified atom stereocenters. The SMILES string of the molecule is CCNC12CC3CC(C1)CC(OC)(C3)C2. The second-order valence-electron chi connectivity index (χ2n) is 6.16. The summed E-state index contributed by atoms with van der Waals surface area (Å²) in [5.74, 6) is 1.87. The van der Waals surface area contributed by atoms with Gasteiger partial charge >= 0.3 is 0 Å². The first kappa shape index (κ1) is 10.1. The van der Waals surface area contributed by atoms with Crippen molar-refractivity contribution in [1.29, 1.82) is 0 Å². The molecule has 4 saturated carbocycles. The Kier molecular flexibility index (Phi) is 2.16. The molecular formula is C13H23NO. The molecule has 0 amide bonds. The van der Waals surface area contributed by atoms with E-state index in [1.54, 1.807) is 0 Å². The van der Waals surface area contributed by atoms with Crippen molar-refractivity contribution in [2.75, 3.05) is 13.7 Å². The Morgan fingerprint density at radius 1 is 1.20 bits per heavy atom. The topological polar surface area (TPSA) is 21.3 Å². The molecule has 0 saturated heterocycles. The van der Waals surface area contributed by atoms with Gasteiger partial charge in [0.05, 0.1) is 5.60 Å². The molecule has 0 aliphatic heterocycles. The summed E-state index contributed by atoms with van der Waals surface area (Å²) in [7, 11) is 1.92. The molecule has 0 aromatic carbocycles. The summed E-state index contributed by atoms with van der Waals surface area (Å²) in [5, 5.41) is 3.77. The highest BCUT2D eigenvalue weighted by Crippen LogP contribution is 2.58. The summed E-state index contributed by atoms with van der Waals surface area (Å²) in [6.07, 6.45) is 8.20. The highest BCUT2D eigenvalue weighted by molar-refractivity contribution is 5.12. The van der Waals surface area contributed by atoms with Crippen LogP contribution in [0.3, 0.4) is 0 Å². The predicted molar refractivity (Wildman–Crippen MR) is 60.8 cm³/mol. The molecule has 0 aromatic heterocycles. The van der Waals surface area contributed by atoms with Crippen LogP contribution in [0.4, 0.5) is 0 Å². The van der Waals surface area contributed by atoms with Crippen LogP contribution in [0.25, 0.3) is 0 Å². The van der Waals surface area contributed by atoms with Gasteiger partial charge in [0.2, 0.25) is 0 Å². The molecule has 4 bridgehead atoms. The van der Waals surface area contributed by atoms with Crippen LogP contribution in [0.1, 0.15) is 45.4 Å². The third-order valence-electron chi connectivity index (χ3n) is 4.99. The summed E-state index contributed by atoms with van der Waals surface area (Å²) >= 11 is 0. The van der Waals surface area contributed by atoms with Crippen molar-refractivity contribution in [3.05, 3.63) is 0 Å². The largest absolute Gasteiger partial charge is 0.378 e. The van der Waals surface area contributed by atoms with Crippen molar-refractivity contribution in [1.82, 2.24) is 5.32 Å². The van der Waals surface area contributed by atoms with Gasteiger partial charge in [0.1, 0.15) is 0 Å². The van der Waals surface area contributed by atoms with Crippen molar-refractivity contribution in [3.8, 4) is 0 Å². The third-order valence-corrected chi connectivity index (χ3v) is 4.99. The molecule has 2 heteroatoms. The van der Waals surface area contributed by atoms with E-state index in [2.05, 4.69) is 12.2 Å². The summed E-state index contributed by atoms with van der Waals surface area (Å²) < 4.78 is 5.88. The minimum Gasteiger partial charge on any atom is -0.378 e. The van der Waals surface area contributed by atoms with Crippen LogP contribution in [-0.2, 0) is 4.74 Å². The van der Waals surface area contributed by atoms with Crippen molar-refractivity contribution < 1.29 is 4.74 Å². The van der Waals surface area contributed by atoms with Gasteiger partial charge in [-0.05, 0) is 56.9 Å². The zero-order valence-corrected chi connectivity index (χ0v) is 10.0. The Morgan fingerprint density at radius 2 is 1.87 bits per heavy atom. The van der Waals surface area contributed by atoms with E-state index in [0.29, 0.717) is 5.54 Å². The maximum Gasteiger partial charge on any atom is 0.0701 e. The third kappa shape index (κ3) is 1.45. The molecule has 4 fully saturated rings. The molecule has 2 nitrogen and oxygen atoms in total. The van der Waals surface area contributed by atoms with Crippen molar-refractivity contribution in [3.63, 3.8) is 0 Å². The van der Waals surface area contributed by atoms with Crippen molar-refractivity contribution in [2.45, 2.75) is 56.6 Å². The van der Waals surface area contributed by atoms with E-state index in [-0.39, 0.29) is 5.60 Å². The Balaban J connectivity index is 1.88. The van der Waals surface area contributed by atoms with E-state index in [1.165, 1.54) is 38.5 Å². The normalized spacial score (nSPS) is 52.4. The maximum atomic E-state index is 5.88. The quantitative estimate of drug-likeness (QED) is 0.770. The minimum atomic E-state index is 0.242. The standard InChI is InChI=1S/C13H23NO/c1-3-14-12-5-10-4-11(6-12)8-13(7-10,9-12)15-2/h10-11,14H,3-9H2,1-2H3. The molecule has 0 aromatic rings. The molecule has 15 heavy (non-hydrogen) atoms. The average molecular weight is 209 g/mol. The molecule has 86 valence electrons. The first-order chi connectivity index (χ1) is 7.19. The van der Waals surface area contributed by atoms with Crippen LogP contribution in [0, 0.1) is 11.8 Å². The van der Waals surface area contributed by atoms with E-state index in [9.17, 15) is 0 Å². The molecule has 4 rings (SSSR count). The first-order valence-corrected chi connectivity index (χ1v) is 6.49. The molecule has 2 atom stereocenters. The lowest BCUT2D eigenvalue weighted by Crippen LogP contribution is -2.64. The van der Waals surface area contributed by atoms with Gasteiger partial charge in [-0.15, -0.1) is 0 Å². The Hall–Kier alpha value is -0.0800. The second-order valence-corrected chi connectivity index (χ2v) is 6.16. The van der Waals surface area contributed by atoms with Gasteiger partial charge in [0.25, 0.3) is 0 Å². The molecular weight excluding hydrogens is 186 g/mol. The molecule has 0 heterocycles. The zero-order valence-electron chi connectivity index (χ0n) is 10.0. The Bertz CT molecular complexity index is 249. The van der Waals surface area contributed by atoms with Crippen molar-refractivity contribution >= 4 is 0 Å². The number of rotatable bonds is 3. The average Bonchev–Trinajstić information content (AvgIpc) is 2.15. The molecule has 1 N–H and O–H groups in total. The fraction of sp³-hybridized carbons (Fsp3) is 1.00. The molecule has 0 radical (unpaired) electrons. The number of nitrogens with one attached hydrogen (secondary N) is 1. The summed E-state index contributed by atoms with van der Waals surface area (Å²) in [6, 6.07) is 0. The fourth-order valence-electron chi connectivity index (χ4n) is 5.00. The lowest BCUT2D eigenvalue weighted by molar-refractivity contribution is -0.160. The number of methoxy groups -OCH3 is 1. The van der Waals surface area contributed by atoms with Gasteiger partial charge in [-0.3, -0.25) is 0 Å². The second kappa shape index (κ2) is 3.21. The van der Waals surface area contributed by atoms with E-state index >= 15 is 0 Å². The van der Waals surface area contributed by atoms with E-state index in [1.807, 2.05) is 7.11 Å². The summed E-state index contributed by atoms with van der Waals surface area (Å²) in [5.41, 5.74) is 0.682. The van der Waals surface area contributed by atoms with E-state index in [4.69, 9.17) is 4.74 Å². The zero-order chi connectivity index (χ0) is 10.5. The van der Waals surface area contributed by atoms with Crippen LogP contribution >= 0.6 is 0 Å². The van der Waals surface area contributed by atoms with E-state index in [0.717, 1.165) is 18.4 Å². The molecule has 4 aliphatic carbocycles. The van der Waals surface area contributed by atoms with Crippen LogP contribution in [0.5, 0.6) is 0 Å². The Morgan fingerprint density at radius 3 is 2.40 bits per heavy atom. The van der Waals surface area contributed by atoms with Gasteiger partial charge in [0.15, 0.2) is 0 Å². The van der Waals surface area contributed by atoms with Gasteiger partial charge in [0, 0.05) is 12.6 Å². The predicted octanol–water partition coefficient (Wildman–Crippen LogP) is 2.33. The van der Waals surface area contributed by atoms with Crippen LogP contribution < -0.4 is 5.32 Å². The maximum absolute atomic E-state index is 5.88. The van der Waals surface area contributed by atoms with Gasteiger partial charge in [-0.25, -0.2) is 0 Å². The lowest BCUT2D eigenvalue weighted by Gasteiger charge is -2.61. The highest BCUT2D eigenvalue weighted by Gasteiger charge is 2.57. The number of hydrogen-bond donors (Lipinski definition) is 1. The summed E-state index contributed by atoms with van der Waals surface area (Å²) in [4.78, 5) is 0. The summed E-state index contributed by atoms with van der Waals surface area (Å²) in [6.45, 7) is 3.34. The highest BCUT2D eigenvalue weighted by atomic mass is 16.5. The Labute approximate surface area is 92.8 Å². The van der Waals surface area contributed by atoms with Crippen LogP contribution in [0.15, 0.2) is 0 Å². The minimum absolute atomic E-state index is 0.242. The fourth-order valence-corrected chi connectivity index (χ4v) is 5.00. The van der Waals surface area contributed by atoms with Gasteiger partial charge in [-0.1, -0.05) is 6.92 Å². The molecule has 4 aliphatic rings. The first-order valence-electron chi connectivity index (χ1n) is 6.49. The smallest absolute Gasteiger partial charge is 0.0701 e. The monoisotopic (exact) mass is 209 g/mol. The van der Waals surface area contributed by atoms with E-state index < -0.39 is 0 Å². The van der Waals surface area contributed by atoms with Crippen LogP contribution in [0.2, 0.25) is 0 Å². The van der Waals surface area contributed by atoms with Crippen molar-refractivity contribution in [2.24, 2.45) is 11.8 Å². The van der Waals surface area contributed by atoms with Gasteiger partial charge < -0.3 is 10.1 Å². The lowest BCUT2D eigenvalue weighted by atomic mass is 9.51. The van der Waals surface area contributed by atoms with Gasteiger partial charge in [-0.2, -0.15) is 0 Å². The van der Waals surface area contributed by atoms with Crippen LogP contribution in [-0.4, -0.2) is 24.8 Å².